The van der Waals surface area contributed by atoms with Crippen molar-refractivity contribution >= 4 is 12.0 Å². The maximum absolute atomic E-state index is 10.5. The molecule has 222 valence electrons. The SMILES string of the molecule is CCC(C)COC1OC(CSOO[O-])C(OCc2ccccc2)C(OCc2ccccc2)C1OCc1ccccc1.[Na+]. The van der Waals surface area contributed by atoms with Crippen LogP contribution in [0.4, 0.5) is 0 Å². The van der Waals surface area contributed by atoms with E-state index in [1.54, 1.807) is 0 Å². The number of hydrogen-bond acceptors (Lipinski definition) is 9. The number of benzene rings is 3. The van der Waals surface area contributed by atoms with Gasteiger partial charge in [0.1, 0.15) is 24.4 Å². The molecule has 0 spiro atoms. The van der Waals surface area contributed by atoms with E-state index in [0.29, 0.717) is 32.3 Å². The summed E-state index contributed by atoms with van der Waals surface area (Å²) in [7, 11) is 0. The predicted molar refractivity (Wildman–Crippen MR) is 154 cm³/mol. The van der Waals surface area contributed by atoms with Gasteiger partial charge in [0.05, 0.1) is 32.2 Å². The van der Waals surface area contributed by atoms with E-state index < -0.39 is 30.7 Å². The molecule has 0 bridgehead atoms. The molecule has 0 aromatic heterocycles. The van der Waals surface area contributed by atoms with Gasteiger partial charge in [-0.25, -0.2) is 0 Å². The number of hydrogen-bond donors (Lipinski definition) is 0. The largest absolute Gasteiger partial charge is 1.00 e. The fourth-order valence-corrected chi connectivity index (χ4v) is 5.00. The fourth-order valence-electron chi connectivity index (χ4n) is 4.51. The second-order valence-corrected chi connectivity index (χ2v) is 10.8. The van der Waals surface area contributed by atoms with Gasteiger partial charge < -0.3 is 28.9 Å². The van der Waals surface area contributed by atoms with Crippen LogP contribution < -0.4 is 34.8 Å². The van der Waals surface area contributed by atoms with Crippen LogP contribution in [0.2, 0.25) is 0 Å². The zero-order chi connectivity index (χ0) is 28.7. The van der Waals surface area contributed by atoms with E-state index >= 15 is 0 Å². The van der Waals surface area contributed by atoms with Gasteiger partial charge in [-0.1, -0.05) is 111 Å². The third-order valence-electron chi connectivity index (χ3n) is 7.00. The molecule has 6 atom stereocenters. The minimum Gasteiger partial charge on any atom is -0.691 e. The quantitative estimate of drug-likeness (QED) is 0.0756. The standard InChI is InChI=1S/C32H40O8S.Na/c1-3-24(2)19-37-32-31(36-22-27-17-11-6-12-18-27)30(35-21-26-15-9-5-10-16-26)29(28(38-32)23-41-40-39-33)34-20-25-13-7-4-8-14-25;/h4-18,24,28-33H,3,19-23H2,1-2H3;/q;+1/p-1. The third-order valence-corrected chi connectivity index (χ3v) is 7.61. The monoisotopic (exact) mass is 606 g/mol. The maximum Gasteiger partial charge on any atom is 1.00 e. The van der Waals surface area contributed by atoms with Crippen LogP contribution >= 0.6 is 12.0 Å². The van der Waals surface area contributed by atoms with E-state index in [0.717, 1.165) is 35.2 Å². The van der Waals surface area contributed by atoms with Crippen molar-refractivity contribution in [2.24, 2.45) is 5.92 Å². The van der Waals surface area contributed by atoms with Crippen molar-refractivity contribution in [1.82, 2.24) is 0 Å². The van der Waals surface area contributed by atoms with Crippen LogP contribution in [-0.4, -0.2) is 43.1 Å². The first-order valence-electron chi connectivity index (χ1n) is 14.0. The van der Waals surface area contributed by atoms with Crippen LogP contribution in [0.3, 0.4) is 0 Å². The molecule has 0 N–H and O–H groups in total. The molecule has 0 amide bonds. The van der Waals surface area contributed by atoms with Crippen molar-refractivity contribution in [3.05, 3.63) is 108 Å². The normalized spacial score (nSPS) is 22.8. The molecule has 8 nitrogen and oxygen atoms in total. The summed E-state index contributed by atoms with van der Waals surface area (Å²) in [5.74, 6) is 0.579. The van der Waals surface area contributed by atoms with E-state index in [1.165, 1.54) is 0 Å². The van der Waals surface area contributed by atoms with Crippen LogP contribution in [-0.2, 0) is 52.9 Å². The van der Waals surface area contributed by atoms with Crippen LogP contribution in [0.25, 0.3) is 0 Å². The second-order valence-electron chi connectivity index (χ2n) is 10.1. The molecule has 0 saturated carbocycles. The molecule has 1 aliphatic heterocycles. The van der Waals surface area contributed by atoms with Gasteiger partial charge in [0, 0.05) is 12.0 Å². The molecule has 6 unspecified atom stereocenters. The summed E-state index contributed by atoms with van der Waals surface area (Å²) in [6.45, 7) is 5.78. The smallest absolute Gasteiger partial charge is 0.691 e. The molecule has 1 fully saturated rings. The van der Waals surface area contributed by atoms with Crippen LogP contribution in [0.15, 0.2) is 91.0 Å². The van der Waals surface area contributed by atoms with Gasteiger partial charge in [-0.05, 0) is 22.6 Å². The Kier molecular flexibility index (Phi) is 16.6. The molecule has 4 rings (SSSR count). The van der Waals surface area contributed by atoms with Gasteiger partial charge in [0.2, 0.25) is 0 Å². The van der Waals surface area contributed by atoms with Gasteiger partial charge in [-0.2, -0.15) is 4.33 Å². The average molecular weight is 607 g/mol. The molecule has 10 heteroatoms. The summed E-state index contributed by atoms with van der Waals surface area (Å²) in [6.07, 6.45) is -2.03. The molecule has 0 aliphatic carbocycles. The Morgan fingerprint density at radius 2 is 1.19 bits per heavy atom. The summed E-state index contributed by atoms with van der Waals surface area (Å²) in [6, 6.07) is 29.8. The maximum atomic E-state index is 10.5. The predicted octanol–water partition coefficient (Wildman–Crippen LogP) is 2.41. The van der Waals surface area contributed by atoms with Crippen LogP contribution in [0.5, 0.6) is 0 Å². The molecule has 0 radical (unpaired) electrons. The Balaban J connectivity index is 0.00000484. The van der Waals surface area contributed by atoms with E-state index in [2.05, 4.69) is 23.2 Å². The molecule has 1 saturated heterocycles. The second kappa shape index (κ2) is 19.9. The number of ether oxygens (including phenoxy) is 5. The van der Waals surface area contributed by atoms with Gasteiger partial charge in [0.15, 0.2) is 6.29 Å². The molecule has 1 aliphatic rings. The van der Waals surface area contributed by atoms with Crippen molar-refractivity contribution in [1.29, 1.82) is 0 Å². The minimum atomic E-state index is -0.733. The Labute approximate surface area is 275 Å². The van der Waals surface area contributed by atoms with Gasteiger partial charge in [0.25, 0.3) is 0 Å². The van der Waals surface area contributed by atoms with Crippen molar-refractivity contribution in [3.8, 4) is 0 Å². The molecular formula is C32H39NaO8S. The van der Waals surface area contributed by atoms with E-state index in [1.807, 2.05) is 91.0 Å². The first-order chi connectivity index (χ1) is 20.2. The Bertz CT molecular complexity index is 1100. The molecule has 3 aromatic rings. The number of rotatable bonds is 17. The summed E-state index contributed by atoms with van der Waals surface area (Å²) in [4.78, 5) is 0. The third kappa shape index (κ3) is 11.3. The van der Waals surface area contributed by atoms with Crippen LogP contribution in [0.1, 0.15) is 37.0 Å². The van der Waals surface area contributed by atoms with Crippen molar-refractivity contribution in [2.75, 3.05) is 12.4 Å². The summed E-state index contributed by atoms with van der Waals surface area (Å²) >= 11 is 0.852. The average Bonchev–Trinajstić information content (AvgIpc) is 3.02. The Morgan fingerprint density at radius 1 is 0.714 bits per heavy atom. The van der Waals surface area contributed by atoms with E-state index in [9.17, 15) is 5.26 Å². The zero-order valence-corrected chi connectivity index (χ0v) is 27.4. The van der Waals surface area contributed by atoms with E-state index in [-0.39, 0.29) is 35.3 Å². The van der Waals surface area contributed by atoms with Crippen molar-refractivity contribution < 1.29 is 67.9 Å². The Morgan fingerprint density at radius 3 is 1.67 bits per heavy atom. The summed E-state index contributed by atoms with van der Waals surface area (Å²) in [5, 5.41) is 14.1. The van der Waals surface area contributed by atoms with Crippen molar-refractivity contribution in [3.63, 3.8) is 0 Å². The fraction of sp³-hybridized carbons (Fsp3) is 0.438. The van der Waals surface area contributed by atoms with Crippen molar-refractivity contribution in [2.45, 2.75) is 70.8 Å². The molecule has 1 heterocycles. The first kappa shape index (κ1) is 35.2. The minimum absolute atomic E-state index is 0. The van der Waals surface area contributed by atoms with Crippen LogP contribution in [0, 0.1) is 5.92 Å². The van der Waals surface area contributed by atoms with Gasteiger partial charge in [-0.15, -0.1) is 0 Å². The first-order valence-corrected chi connectivity index (χ1v) is 14.9. The zero-order valence-electron chi connectivity index (χ0n) is 24.5. The topological polar surface area (TPSA) is 87.7 Å². The van der Waals surface area contributed by atoms with Gasteiger partial charge in [-0.3, -0.25) is 5.04 Å². The summed E-state index contributed by atoms with van der Waals surface area (Å²) < 4.78 is 37.1. The van der Waals surface area contributed by atoms with E-state index in [4.69, 9.17) is 23.7 Å². The van der Waals surface area contributed by atoms with Gasteiger partial charge >= 0.3 is 29.6 Å². The Hall–Kier alpha value is -1.31. The molecule has 3 aromatic carbocycles. The molecular weight excluding hydrogens is 567 g/mol. The molecule has 42 heavy (non-hydrogen) atoms. The summed E-state index contributed by atoms with van der Waals surface area (Å²) in [5.41, 5.74) is 3.06.